The molecule has 0 aliphatic rings. The summed E-state index contributed by atoms with van der Waals surface area (Å²) in [6.45, 7) is 8.07. The Labute approximate surface area is 265 Å². The zero-order valence-corrected chi connectivity index (χ0v) is 29.0. The van der Waals surface area contributed by atoms with E-state index in [1.54, 1.807) is 0 Å². The fourth-order valence-electron chi connectivity index (χ4n) is 5.60. The van der Waals surface area contributed by atoms with Crippen molar-refractivity contribution in [3.8, 4) is 0 Å². The van der Waals surface area contributed by atoms with Crippen molar-refractivity contribution in [3.05, 3.63) is 24.3 Å². The zero-order chi connectivity index (χ0) is 30.4. The Kier molecular flexibility index (Phi) is 37.8. The van der Waals surface area contributed by atoms with Gasteiger partial charge in [-0.1, -0.05) is 154 Å². The molecule has 0 aliphatic heterocycles. The number of hydrogen-bond donors (Lipinski definition) is 3. The molecule has 3 heteroatoms. The molecule has 0 unspecified atom stereocenters. The smallest absolute Gasteiger partial charge is 0.0788 e. The van der Waals surface area contributed by atoms with Gasteiger partial charge in [-0.2, -0.15) is 0 Å². The Balaban J connectivity index is 3.21. The summed E-state index contributed by atoms with van der Waals surface area (Å²) in [5.74, 6) is 0. The summed E-state index contributed by atoms with van der Waals surface area (Å²) in [5, 5.41) is 17.1. The number of allylic oxidation sites excluding steroid dienone is 4. The Morgan fingerprint density at radius 1 is 0.381 bits per heavy atom. The highest BCUT2D eigenvalue weighted by Gasteiger charge is 2.02. The van der Waals surface area contributed by atoms with Crippen molar-refractivity contribution in [1.29, 1.82) is 0 Å². The molecule has 0 amide bonds. The van der Waals surface area contributed by atoms with Gasteiger partial charge in [0.05, 0.1) is 6.10 Å². The Bertz CT molecular complexity index is 486. The van der Waals surface area contributed by atoms with E-state index in [2.05, 4.69) is 48.8 Å². The molecule has 3 N–H and O–H groups in total. The van der Waals surface area contributed by atoms with Crippen LogP contribution in [0.15, 0.2) is 24.3 Å². The van der Waals surface area contributed by atoms with Crippen molar-refractivity contribution in [1.82, 2.24) is 10.6 Å². The van der Waals surface area contributed by atoms with Crippen LogP contribution in [0.3, 0.4) is 0 Å². The van der Waals surface area contributed by atoms with Gasteiger partial charge in [-0.25, -0.2) is 0 Å². The van der Waals surface area contributed by atoms with Crippen LogP contribution >= 0.6 is 0 Å². The molecule has 0 aliphatic carbocycles. The first-order chi connectivity index (χ1) is 20.8. The van der Waals surface area contributed by atoms with Crippen LogP contribution in [0, 0.1) is 0 Å². The minimum absolute atomic E-state index is 0.270. The summed E-state index contributed by atoms with van der Waals surface area (Å²) in [6, 6.07) is 0. The van der Waals surface area contributed by atoms with Gasteiger partial charge in [0.25, 0.3) is 0 Å². The number of aliphatic hydroxyl groups excluding tert-OH is 1. The molecule has 0 aromatic carbocycles. The number of nitrogens with one attached hydrogen (secondary N) is 2. The normalized spacial score (nSPS) is 12.1. The molecule has 0 radical (unpaired) electrons. The second-order valence-electron chi connectivity index (χ2n) is 12.9. The van der Waals surface area contributed by atoms with Crippen molar-refractivity contribution in [3.63, 3.8) is 0 Å². The topological polar surface area (TPSA) is 44.3 Å². The molecule has 0 spiro atoms. The molecule has 0 rings (SSSR count). The lowest BCUT2D eigenvalue weighted by molar-refractivity contribution is 0.168. The molecule has 0 atom stereocenters. The van der Waals surface area contributed by atoms with Crippen LogP contribution in [-0.2, 0) is 0 Å². The minimum Gasteiger partial charge on any atom is -0.390 e. The van der Waals surface area contributed by atoms with Gasteiger partial charge in [-0.05, 0) is 77.3 Å². The maximum Gasteiger partial charge on any atom is 0.0788 e. The lowest BCUT2D eigenvalue weighted by Gasteiger charge is -2.13. The van der Waals surface area contributed by atoms with E-state index in [4.69, 9.17) is 0 Å². The van der Waals surface area contributed by atoms with Crippen LogP contribution in [0.2, 0.25) is 0 Å². The zero-order valence-electron chi connectivity index (χ0n) is 29.0. The third kappa shape index (κ3) is 37.4. The van der Waals surface area contributed by atoms with E-state index in [1.165, 1.54) is 180 Å². The highest BCUT2D eigenvalue weighted by atomic mass is 16.3. The first-order valence-corrected chi connectivity index (χ1v) is 19.2. The van der Waals surface area contributed by atoms with E-state index in [9.17, 15) is 5.11 Å². The molecule has 0 heterocycles. The lowest BCUT2D eigenvalue weighted by atomic mass is 10.1. The summed E-state index contributed by atoms with van der Waals surface area (Å²) >= 11 is 0. The van der Waals surface area contributed by atoms with Crippen LogP contribution in [0.25, 0.3) is 0 Å². The number of unbranched alkanes of at least 4 members (excludes halogenated alkanes) is 24. The summed E-state index contributed by atoms with van der Waals surface area (Å²) in [7, 11) is 0. The highest BCUT2D eigenvalue weighted by molar-refractivity contribution is 4.82. The van der Waals surface area contributed by atoms with Gasteiger partial charge in [0.1, 0.15) is 0 Å². The molecule has 250 valence electrons. The van der Waals surface area contributed by atoms with Gasteiger partial charge in [0.15, 0.2) is 0 Å². The molecule has 0 aromatic rings. The third-order valence-corrected chi connectivity index (χ3v) is 8.49. The largest absolute Gasteiger partial charge is 0.390 e. The Morgan fingerprint density at radius 2 is 0.643 bits per heavy atom. The fraction of sp³-hybridized carbons (Fsp3) is 0.897. The molecular weight excluding hydrogens is 512 g/mol. The Morgan fingerprint density at radius 3 is 0.952 bits per heavy atom. The molecule has 0 saturated carbocycles. The van der Waals surface area contributed by atoms with Crippen molar-refractivity contribution in [2.45, 2.75) is 200 Å². The van der Waals surface area contributed by atoms with E-state index in [0.717, 1.165) is 13.1 Å². The molecule has 42 heavy (non-hydrogen) atoms. The maximum atomic E-state index is 10.2. The quantitative estimate of drug-likeness (QED) is 0.0502. The third-order valence-electron chi connectivity index (χ3n) is 8.49. The number of hydrogen-bond acceptors (Lipinski definition) is 3. The highest BCUT2D eigenvalue weighted by Crippen LogP contribution is 2.11. The van der Waals surface area contributed by atoms with Crippen molar-refractivity contribution < 1.29 is 5.11 Å². The van der Waals surface area contributed by atoms with Crippen LogP contribution in [0.1, 0.15) is 194 Å². The van der Waals surface area contributed by atoms with Gasteiger partial charge < -0.3 is 15.7 Å². The lowest BCUT2D eigenvalue weighted by Crippen LogP contribution is -2.36. The van der Waals surface area contributed by atoms with E-state index in [1.807, 2.05) is 0 Å². The van der Waals surface area contributed by atoms with Gasteiger partial charge >= 0.3 is 0 Å². The fourth-order valence-corrected chi connectivity index (χ4v) is 5.60. The van der Waals surface area contributed by atoms with E-state index in [-0.39, 0.29) is 6.10 Å². The predicted octanol–water partition coefficient (Wildman–Crippen LogP) is 11.6. The molecule has 0 bridgehead atoms. The average molecular weight is 591 g/mol. The minimum atomic E-state index is -0.270. The predicted molar refractivity (Wildman–Crippen MR) is 191 cm³/mol. The second-order valence-corrected chi connectivity index (χ2v) is 12.9. The van der Waals surface area contributed by atoms with Crippen LogP contribution < -0.4 is 10.6 Å². The van der Waals surface area contributed by atoms with Crippen LogP contribution in [0.5, 0.6) is 0 Å². The van der Waals surface area contributed by atoms with Crippen molar-refractivity contribution >= 4 is 0 Å². The van der Waals surface area contributed by atoms with Crippen molar-refractivity contribution in [2.75, 3.05) is 26.2 Å². The van der Waals surface area contributed by atoms with E-state index < -0.39 is 0 Å². The Hall–Kier alpha value is -0.640. The summed E-state index contributed by atoms with van der Waals surface area (Å²) in [4.78, 5) is 0. The molecule has 0 aromatic heterocycles. The van der Waals surface area contributed by atoms with Crippen molar-refractivity contribution in [2.24, 2.45) is 0 Å². The molecular formula is C39H78N2O. The average Bonchev–Trinajstić information content (AvgIpc) is 3.00. The maximum absolute atomic E-state index is 10.2. The molecule has 3 nitrogen and oxygen atoms in total. The standard InChI is InChI=1S/C39H78N2O/c1-3-5-7-9-11-13-15-17-19-21-23-25-27-29-31-33-35-40-37-39(42)38-41-36-34-32-30-28-26-24-22-20-18-16-14-12-10-8-6-4-2/h17-20,39-42H,3-16,21-38H2,1-2H3/b19-17-,20-18-. The number of aliphatic hydroxyl groups is 1. The van der Waals surface area contributed by atoms with Crippen LogP contribution in [-0.4, -0.2) is 37.4 Å². The molecule has 0 fully saturated rings. The summed E-state index contributed by atoms with van der Waals surface area (Å²) < 4.78 is 0. The van der Waals surface area contributed by atoms with Gasteiger partial charge in [0, 0.05) is 13.1 Å². The van der Waals surface area contributed by atoms with Gasteiger partial charge in [-0.3, -0.25) is 0 Å². The second kappa shape index (κ2) is 38.4. The molecule has 0 saturated heterocycles. The summed E-state index contributed by atoms with van der Waals surface area (Å²) in [5.41, 5.74) is 0. The van der Waals surface area contributed by atoms with E-state index >= 15 is 0 Å². The van der Waals surface area contributed by atoms with Gasteiger partial charge in [-0.15, -0.1) is 0 Å². The first kappa shape index (κ1) is 41.4. The number of rotatable bonds is 36. The monoisotopic (exact) mass is 591 g/mol. The van der Waals surface area contributed by atoms with Crippen LogP contribution in [0.4, 0.5) is 0 Å². The summed E-state index contributed by atoms with van der Waals surface area (Å²) in [6.07, 6.45) is 47.2. The van der Waals surface area contributed by atoms with Gasteiger partial charge in [0.2, 0.25) is 0 Å². The van der Waals surface area contributed by atoms with E-state index in [0.29, 0.717) is 13.1 Å². The SMILES string of the molecule is CCCCCCCC/C=C\CCCCCCCCNCC(O)CNCCCCCCCC/C=C\CCCCCCCC. The first-order valence-electron chi connectivity index (χ1n) is 19.2.